The Kier molecular flexibility index (Phi) is 2.92. The van der Waals surface area contributed by atoms with Crippen LogP contribution in [0.4, 0.5) is 4.39 Å². The minimum atomic E-state index is -0.306. The summed E-state index contributed by atoms with van der Waals surface area (Å²) in [5, 5.41) is 0. The highest BCUT2D eigenvalue weighted by Crippen LogP contribution is 2.14. The smallest absolute Gasteiger partial charge is 0.132 e. The third kappa shape index (κ3) is 2.57. The molecule has 0 aromatic heterocycles. The molecule has 0 amide bonds. The van der Waals surface area contributed by atoms with E-state index in [9.17, 15) is 4.39 Å². The first kappa shape index (κ1) is 6.89. The van der Waals surface area contributed by atoms with Crippen LogP contribution in [0, 0.1) is 0 Å². The Hall–Kier alpha value is -0.110. The molecular formula is C5H6BrF. The van der Waals surface area contributed by atoms with Gasteiger partial charge in [0.2, 0.25) is 0 Å². The van der Waals surface area contributed by atoms with Crippen LogP contribution >= 0.6 is 15.9 Å². The van der Waals surface area contributed by atoms with Crippen LogP contribution in [-0.2, 0) is 0 Å². The van der Waals surface area contributed by atoms with Crippen LogP contribution in [0.25, 0.3) is 0 Å². The fourth-order valence-electron chi connectivity index (χ4n) is 0.157. The van der Waals surface area contributed by atoms with Gasteiger partial charge in [-0.2, -0.15) is 0 Å². The molecule has 0 unspecified atom stereocenters. The molecule has 0 fully saturated rings. The van der Waals surface area contributed by atoms with E-state index < -0.39 is 0 Å². The lowest BCUT2D eigenvalue weighted by Gasteiger charge is -1.84. The molecule has 0 saturated carbocycles. The predicted octanol–water partition coefficient (Wildman–Crippen LogP) is 2.77. The van der Waals surface area contributed by atoms with Gasteiger partial charge in [-0.3, -0.25) is 0 Å². The van der Waals surface area contributed by atoms with Crippen molar-refractivity contribution in [3.8, 4) is 0 Å². The maximum absolute atomic E-state index is 12.0. The first-order chi connectivity index (χ1) is 3.18. The molecule has 0 aromatic rings. The Morgan fingerprint density at radius 1 is 1.86 bits per heavy atom. The molecular weight excluding hydrogens is 159 g/mol. The van der Waals surface area contributed by atoms with Crippen LogP contribution in [-0.4, -0.2) is 0 Å². The van der Waals surface area contributed by atoms with Crippen molar-refractivity contribution in [2.75, 3.05) is 0 Å². The first-order valence-corrected chi connectivity index (χ1v) is 2.64. The van der Waals surface area contributed by atoms with Crippen molar-refractivity contribution in [2.45, 2.75) is 6.92 Å². The summed E-state index contributed by atoms with van der Waals surface area (Å²) in [7, 11) is 0. The van der Waals surface area contributed by atoms with Crippen LogP contribution in [0.1, 0.15) is 6.92 Å². The van der Waals surface area contributed by atoms with Crippen LogP contribution < -0.4 is 0 Å². The molecule has 7 heavy (non-hydrogen) atoms. The zero-order valence-electron chi connectivity index (χ0n) is 4.04. The zero-order chi connectivity index (χ0) is 5.86. The van der Waals surface area contributed by atoms with Crippen LogP contribution in [0.15, 0.2) is 23.0 Å². The molecule has 40 valence electrons. The molecule has 0 spiro atoms. The standard InChI is InChI=1S/C5H6BrF/c1-3-5(7)4(2)6/h3H,2H2,1H3/b5-3+. The molecule has 0 aromatic carbocycles. The SMILES string of the molecule is C=C(Br)/C(F)=C\C. The second kappa shape index (κ2) is 2.97. The van der Waals surface area contributed by atoms with Crippen LogP contribution in [0.3, 0.4) is 0 Å². The fraction of sp³-hybridized carbons (Fsp3) is 0.200. The van der Waals surface area contributed by atoms with Gasteiger partial charge in [-0.1, -0.05) is 12.7 Å². The summed E-state index contributed by atoms with van der Waals surface area (Å²) in [6, 6.07) is 0. The fourth-order valence-corrected chi connectivity index (χ4v) is 0.386. The highest BCUT2D eigenvalue weighted by Gasteiger charge is 1.89. The van der Waals surface area contributed by atoms with E-state index in [-0.39, 0.29) is 5.83 Å². The highest BCUT2D eigenvalue weighted by atomic mass is 79.9. The summed E-state index contributed by atoms with van der Waals surface area (Å²) in [4.78, 5) is 0. The lowest BCUT2D eigenvalue weighted by atomic mass is 10.5. The van der Waals surface area contributed by atoms with Gasteiger partial charge in [-0.05, 0) is 22.9 Å². The summed E-state index contributed by atoms with van der Waals surface area (Å²) in [6.07, 6.45) is 1.34. The lowest BCUT2D eigenvalue weighted by Crippen LogP contribution is -1.64. The highest BCUT2D eigenvalue weighted by molar-refractivity contribution is 9.11. The van der Waals surface area contributed by atoms with Crippen molar-refractivity contribution < 1.29 is 4.39 Å². The van der Waals surface area contributed by atoms with Crippen molar-refractivity contribution in [1.29, 1.82) is 0 Å². The molecule has 0 aliphatic rings. The Morgan fingerprint density at radius 3 is 2.29 bits per heavy atom. The topological polar surface area (TPSA) is 0 Å². The van der Waals surface area contributed by atoms with E-state index in [1.165, 1.54) is 6.08 Å². The first-order valence-electron chi connectivity index (χ1n) is 1.85. The van der Waals surface area contributed by atoms with E-state index in [0.29, 0.717) is 4.48 Å². The van der Waals surface area contributed by atoms with Gasteiger partial charge in [0, 0.05) is 4.48 Å². The number of halogens is 2. The van der Waals surface area contributed by atoms with Gasteiger partial charge in [0.15, 0.2) is 0 Å². The molecule has 0 atom stereocenters. The molecule has 0 saturated heterocycles. The molecule has 0 aliphatic carbocycles. The van der Waals surface area contributed by atoms with Crippen molar-refractivity contribution >= 4 is 15.9 Å². The quantitative estimate of drug-likeness (QED) is 0.524. The Balaban J connectivity index is 3.82. The van der Waals surface area contributed by atoms with Gasteiger partial charge < -0.3 is 0 Å². The summed E-state index contributed by atoms with van der Waals surface area (Å²) >= 11 is 2.86. The molecule has 0 nitrogen and oxygen atoms in total. The minimum absolute atomic E-state index is 0.301. The monoisotopic (exact) mass is 164 g/mol. The third-order valence-corrected chi connectivity index (χ3v) is 0.891. The second-order valence-corrected chi connectivity index (χ2v) is 2.00. The van der Waals surface area contributed by atoms with E-state index in [0.717, 1.165) is 0 Å². The summed E-state index contributed by atoms with van der Waals surface area (Å²) in [6.45, 7) is 4.91. The zero-order valence-corrected chi connectivity index (χ0v) is 5.63. The molecule has 2 heteroatoms. The molecule has 0 rings (SSSR count). The third-order valence-electron chi connectivity index (χ3n) is 0.513. The predicted molar refractivity (Wildman–Crippen MR) is 32.9 cm³/mol. The largest absolute Gasteiger partial charge is 0.206 e. The van der Waals surface area contributed by atoms with E-state index in [4.69, 9.17) is 0 Å². The number of rotatable bonds is 1. The summed E-state index contributed by atoms with van der Waals surface area (Å²) < 4.78 is 12.3. The van der Waals surface area contributed by atoms with Gasteiger partial charge in [-0.15, -0.1) is 0 Å². The summed E-state index contributed by atoms with van der Waals surface area (Å²) in [5.74, 6) is -0.306. The van der Waals surface area contributed by atoms with Gasteiger partial charge in [0.25, 0.3) is 0 Å². The molecule has 0 heterocycles. The Labute approximate surface area is 50.9 Å². The average molecular weight is 165 g/mol. The average Bonchev–Trinajstić information content (AvgIpc) is 1.65. The second-order valence-electron chi connectivity index (χ2n) is 1.04. The number of hydrogen-bond acceptors (Lipinski definition) is 0. The Bertz CT molecular complexity index is 105. The molecule has 0 bridgehead atoms. The van der Waals surface area contributed by atoms with E-state index in [1.54, 1.807) is 6.92 Å². The van der Waals surface area contributed by atoms with Gasteiger partial charge >= 0.3 is 0 Å². The van der Waals surface area contributed by atoms with Gasteiger partial charge in [-0.25, -0.2) is 4.39 Å². The van der Waals surface area contributed by atoms with Crippen molar-refractivity contribution in [3.05, 3.63) is 23.0 Å². The van der Waals surface area contributed by atoms with Crippen molar-refractivity contribution in [1.82, 2.24) is 0 Å². The molecule has 0 radical (unpaired) electrons. The number of allylic oxidation sites excluding steroid dienone is 3. The lowest BCUT2D eigenvalue weighted by molar-refractivity contribution is 0.663. The molecule has 0 aliphatic heterocycles. The maximum Gasteiger partial charge on any atom is 0.132 e. The van der Waals surface area contributed by atoms with Crippen molar-refractivity contribution in [2.24, 2.45) is 0 Å². The normalized spacial score (nSPS) is 11.6. The Morgan fingerprint density at radius 2 is 2.29 bits per heavy atom. The van der Waals surface area contributed by atoms with E-state index >= 15 is 0 Å². The van der Waals surface area contributed by atoms with Gasteiger partial charge in [0.05, 0.1) is 0 Å². The van der Waals surface area contributed by atoms with Crippen molar-refractivity contribution in [3.63, 3.8) is 0 Å². The minimum Gasteiger partial charge on any atom is -0.206 e. The number of hydrogen-bond donors (Lipinski definition) is 0. The molecule has 0 N–H and O–H groups in total. The van der Waals surface area contributed by atoms with Crippen LogP contribution in [0.5, 0.6) is 0 Å². The van der Waals surface area contributed by atoms with E-state index in [2.05, 4.69) is 22.5 Å². The summed E-state index contributed by atoms with van der Waals surface area (Å²) in [5.41, 5.74) is 0. The van der Waals surface area contributed by atoms with Crippen LogP contribution in [0.2, 0.25) is 0 Å². The van der Waals surface area contributed by atoms with E-state index in [1.807, 2.05) is 0 Å². The maximum atomic E-state index is 12.0. The van der Waals surface area contributed by atoms with Gasteiger partial charge in [0.1, 0.15) is 5.83 Å².